The predicted molar refractivity (Wildman–Crippen MR) is 108 cm³/mol. The molecule has 3 atom stereocenters. The number of imidazole rings is 1. The number of aryl methyl sites for hydroxylation is 1. The fraction of sp³-hybridized carbons (Fsp3) is 0.667. The van der Waals surface area contributed by atoms with Gasteiger partial charge in [0.05, 0.1) is 19.1 Å². The van der Waals surface area contributed by atoms with Crippen LogP contribution < -0.4 is 0 Å². The molecule has 0 fully saturated rings. The lowest BCUT2D eigenvalue weighted by Crippen LogP contribution is -2.36. The molecule has 1 aliphatic rings. The predicted octanol–water partition coefficient (Wildman–Crippen LogP) is 2.79. The largest absolute Gasteiger partial charge is 0.419 e. The standard InChI is InChI=1S/C21H33N5O2/c1-14(2)18-9-16(15(3)8-17(18)12-25(4)6-7-27)10-20-23-24-21(28-20)19-11-22-13-26(19)5/h8,11,13-14,16-18,27H,6-7,9-10,12H2,1-5H3. The normalized spacial score (nSPS) is 22.9. The molecule has 3 rings (SSSR count). The maximum absolute atomic E-state index is 9.20. The summed E-state index contributed by atoms with van der Waals surface area (Å²) in [5.74, 6) is 3.36. The van der Waals surface area contributed by atoms with Crippen molar-refractivity contribution in [2.75, 3.05) is 26.7 Å². The van der Waals surface area contributed by atoms with Crippen LogP contribution in [-0.4, -0.2) is 56.5 Å². The maximum Gasteiger partial charge on any atom is 0.265 e. The Morgan fingerprint density at radius 3 is 2.79 bits per heavy atom. The molecule has 0 bridgehead atoms. The van der Waals surface area contributed by atoms with Crippen molar-refractivity contribution in [3.8, 4) is 11.6 Å². The number of allylic oxidation sites excluding steroid dienone is 1. The summed E-state index contributed by atoms with van der Waals surface area (Å²) in [6, 6.07) is 0. The molecule has 0 saturated heterocycles. The summed E-state index contributed by atoms with van der Waals surface area (Å²) in [5, 5.41) is 17.7. The molecule has 1 aliphatic carbocycles. The van der Waals surface area contributed by atoms with Crippen molar-refractivity contribution < 1.29 is 9.52 Å². The van der Waals surface area contributed by atoms with Crippen LogP contribution in [0.2, 0.25) is 0 Å². The molecule has 0 saturated carbocycles. The first-order valence-electron chi connectivity index (χ1n) is 10.2. The van der Waals surface area contributed by atoms with E-state index in [-0.39, 0.29) is 6.61 Å². The van der Waals surface area contributed by atoms with Crippen molar-refractivity contribution in [1.82, 2.24) is 24.6 Å². The van der Waals surface area contributed by atoms with E-state index in [0.29, 0.717) is 35.5 Å². The van der Waals surface area contributed by atoms with Crippen LogP contribution >= 0.6 is 0 Å². The second-order valence-corrected chi connectivity index (χ2v) is 8.50. The van der Waals surface area contributed by atoms with Crippen LogP contribution in [0.4, 0.5) is 0 Å². The van der Waals surface area contributed by atoms with Gasteiger partial charge in [-0.15, -0.1) is 10.2 Å². The van der Waals surface area contributed by atoms with Crippen LogP contribution in [0.15, 0.2) is 28.6 Å². The zero-order valence-electron chi connectivity index (χ0n) is 17.7. The Balaban J connectivity index is 1.72. The van der Waals surface area contributed by atoms with E-state index in [1.54, 1.807) is 12.5 Å². The first-order valence-corrected chi connectivity index (χ1v) is 10.2. The zero-order valence-corrected chi connectivity index (χ0v) is 17.7. The van der Waals surface area contributed by atoms with Crippen LogP contribution in [0, 0.1) is 23.7 Å². The van der Waals surface area contributed by atoms with Crippen molar-refractivity contribution in [2.45, 2.75) is 33.6 Å². The van der Waals surface area contributed by atoms with Gasteiger partial charge in [0.1, 0.15) is 5.69 Å². The monoisotopic (exact) mass is 387 g/mol. The third-order valence-corrected chi connectivity index (χ3v) is 6.01. The summed E-state index contributed by atoms with van der Waals surface area (Å²) in [6.45, 7) is 8.75. The van der Waals surface area contributed by atoms with E-state index in [4.69, 9.17) is 4.42 Å². The van der Waals surface area contributed by atoms with Crippen LogP contribution in [0.25, 0.3) is 11.6 Å². The van der Waals surface area contributed by atoms with Crippen molar-refractivity contribution >= 4 is 0 Å². The molecular formula is C21H33N5O2. The number of hydrogen-bond acceptors (Lipinski definition) is 6. The fourth-order valence-electron chi connectivity index (χ4n) is 4.32. The van der Waals surface area contributed by atoms with Gasteiger partial charge in [0.15, 0.2) is 0 Å². The van der Waals surface area contributed by atoms with Crippen LogP contribution in [0.1, 0.15) is 33.1 Å². The molecule has 0 aliphatic heterocycles. The van der Waals surface area contributed by atoms with Gasteiger partial charge < -0.3 is 19.0 Å². The third-order valence-electron chi connectivity index (χ3n) is 6.01. The molecule has 154 valence electrons. The molecule has 28 heavy (non-hydrogen) atoms. The minimum atomic E-state index is 0.205. The van der Waals surface area contributed by atoms with E-state index >= 15 is 0 Å². The van der Waals surface area contributed by atoms with Gasteiger partial charge in [-0.1, -0.05) is 25.5 Å². The van der Waals surface area contributed by atoms with Gasteiger partial charge in [-0.25, -0.2) is 4.98 Å². The molecule has 0 amide bonds. The van der Waals surface area contributed by atoms with Crippen molar-refractivity contribution in [3.05, 3.63) is 30.1 Å². The zero-order chi connectivity index (χ0) is 20.3. The third kappa shape index (κ3) is 4.70. The Kier molecular flexibility index (Phi) is 6.67. The fourth-order valence-corrected chi connectivity index (χ4v) is 4.32. The number of likely N-dealkylation sites (N-methyl/N-ethyl adjacent to an activating group) is 1. The van der Waals surface area contributed by atoms with Gasteiger partial charge in [0, 0.05) is 26.6 Å². The van der Waals surface area contributed by atoms with Gasteiger partial charge in [-0.05, 0) is 44.1 Å². The highest BCUT2D eigenvalue weighted by Crippen LogP contribution is 2.39. The van der Waals surface area contributed by atoms with Gasteiger partial charge >= 0.3 is 0 Å². The molecule has 7 nitrogen and oxygen atoms in total. The minimum absolute atomic E-state index is 0.205. The Labute approximate surface area is 167 Å². The highest BCUT2D eigenvalue weighted by atomic mass is 16.4. The lowest BCUT2D eigenvalue weighted by atomic mass is 9.69. The topological polar surface area (TPSA) is 80.2 Å². The van der Waals surface area contributed by atoms with E-state index in [1.807, 2.05) is 11.6 Å². The maximum atomic E-state index is 9.20. The Morgan fingerprint density at radius 1 is 1.36 bits per heavy atom. The Morgan fingerprint density at radius 2 is 2.14 bits per heavy atom. The molecule has 1 N–H and O–H groups in total. The molecule has 2 heterocycles. The SMILES string of the molecule is CC1=CC(CN(C)CCO)C(C(C)C)CC1Cc1nnc(-c2cncn2C)o1. The lowest BCUT2D eigenvalue weighted by molar-refractivity contribution is 0.156. The molecule has 0 spiro atoms. The molecule has 2 aromatic heterocycles. The molecule has 0 aromatic carbocycles. The average molecular weight is 388 g/mol. The highest BCUT2D eigenvalue weighted by Gasteiger charge is 2.33. The average Bonchev–Trinajstić information content (AvgIpc) is 3.25. The number of rotatable bonds is 8. The van der Waals surface area contributed by atoms with Gasteiger partial charge in [-0.2, -0.15) is 0 Å². The first kappa shape index (κ1) is 20.7. The molecular weight excluding hydrogens is 354 g/mol. The number of hydrogen-bond donors (Lipinski definition) is 1. The van der Waals surface area contributed by atoms with Crippen LogP contribution in [-0.2, 0) is 13.5 Å². The summed E-state index contributed by atoms with van der Waals surface area (Å²) < 4.78 is 7.81. The van der Waals surface area contributed by atoms with Gasteiger partial charge in [0.2, 0.25) is 5.89 Å². The van der Waals surface area contributed by atoms with Crippen LogP contribution in [0.3, 0.4) is 0 Å². The Hall–Kier alpha value is -1.99. The van der Waals surface area contributed by atoms with Gasteiger partial charge in [0.25, 0.3) is 5.89 Å². The first-order chi connectivity index (χ1) is 13.4. The molecule has 0 radical (unpaired) electrons. The molecule has 7 heteroatoms. The number of nitrogens with zero attached hydrogens (tertiary/aromatic N) is 5. The van der Waals surface area contributed by atoms with Crippen molar-refractivity contribution in [1.29, 1.82) is 0 Å². The van der Waals surface area contributed by atoms with E-state index in [9.17, 15) is 5.11 Å². The number of aliphatic hydroxyl groups is 1. The molecule has 3 unspecified atom stereocenters. The smallest absolute Gasteiger partial charge is 0.265 e. The number of aliphatic hydroxyl groups excluding tert-OH is 1. The van der Waals surface area contributed by atoms with E-state index in [0.717, 1.165) is 31.6 Å². The summed E-state index contributed by atoms with van der Waals surface area (Å²) in [7, 11) is 4.00. The van der Waals surface area contributed by atoms with Crippen LogP contribution in [0.5, 0.6) is 0 Å². The van der Waals surface area contributed by atoms with Crippen molar-refractivity contribution in [2.24, 2.45) is 30.7 Å². The quantitative estimate of drug-likeness (QED) is 0.702. The van der Waals surface area contributed by atoms with E-state index < -0.39 is 0 Å². The molecule has 2 aromatic rings. The van der Waals surface area contributed by atoms with E-state index in [1.165, 1.54) is 5.57 Å². The van der Waals surface area contributed by atoms with Gasteiger partial charge in [-0.3, -0.25) is 0 Å². The summed E-state index contributed by atoms with van der Waals surface area (Å²) >= 11 is 0. The van der Waals surface area contributed by atoms with E-state index in [2.05, 4.69) is 54.0 Å². The summed E-state index contributed by atoms with van der Waals surface area (Å²) in [5.41, 5.74) is 2.24. The lowest BCUT2D eigenvalue weighted by Gasteiger charge is -2.38. The Bertz CT molecular complexity index is 794. The highest BCUT2D eigenvalue weighted by molar-refractivity contribution is 5.44. The summed E-state index contributed by atoms with van der Waals surface area (Å²) in [6.07, 6.45) is 7.81. The summed E-state index contributed by atoms with van der Waals surface area (Å²) in [4.78, 5) is 6.34. The second kappa shape index (κ2) is 9.01. The second-order valence-electron chi connectivity index (χ2n) is 8.50. The minimum Gasteiger partial charge on any atom is -0.419 e. The number of aromatic nitrogens is 4. The van der Waals surface area contributed by atoms with Crippen molar-refractivity contribution in [3.63, 3.8) is 0 Å².